The molecule has 7 saturated heterocycles. The van der Waals surface area contributed by atoms with E-state index in [0.717, 1.165) is 23.6 Å². The smallest absolute Gasteiger partial charge is 0.303 e. The van der Waals surface area contributed by atoms with Gasteiger partial charge >= 0.3 is 11.9 Å². The maximum Gasteiger partial charge on any atom is 0.303 e. The number of rotatable bonds is 16. The number of aliphatic hydroxyl groups excluding tert-OH is 2. The number of hydrogen-bond acceptors (Lipinski definition) is 21. The minimum absolute atomic E-state index is 0.133. The zero-order valence-electron chi connectivity index (χ0n) is 44.0. The van der Waals surface area contributed by atoms with Gasteiger partial charge in [-0.25, -0.2) is 0 Å². The SMILES string of the molecule is CC(=O)O.CC(=O)OC1[C@H](N=[N+]=[N-])C2OC[C@@H](O2)[C@H]1O[C@@H]1OC(CO)[C@@H](O)[C@H](C)C1OCc1ccccc1.CC(=O)OC1[C@H](N=[N+]=[N-])C2OC[C@@H](O2)[C@H]1O[C@@H]1OC2COC(c3ccccc3)O[C@H]2[C@H](C)C1OCc1ccccc1. The van der Waals surface area contributed by atoms with Gasteiger partial charge in [-0.05, 0) is 22.2 Å². The van der Waals surface area contributed by atoms with Crippen molar-refractivity contribution in [1.82, 2.24) is 0 Å². The van der Waals surface area contributed by atoms with Crippen molar-refractivity contribution < 1.29 is 96.0 Å². The maximum absolute atomic E-state index is 12.1. The number of ether oxygens (including phenoxy) is 14. The van der Waals surface area contributed by atoms with E-state index in [0.29, 0.717) is 6.61 Å². The van der Waals surface area contributed by atoms with E-state index in [1.54, 1.807) is 6.92 Å². The molecule has 79 heavy (non-hydrogen) atoms. The number of carbonyl (C=O) groups is 3. The Labute approximate surface area is 454 Å². The van der Waals surface area contributed by atoms with Gasteiger partial charge < -0.3 is 81.6 Å². The summed E-state index contributed by atoms with van der Waals surface area (Å²) < 4.78 is 84.3. The van der Waals surface area contributed by atoms with Crippen molar-refractivity contribution >= 4 is 17.9 Å². The topological polar surface area (TPSA) is 339 Å². The summed E-state index contributed by atoms with van der Waals surface area (Å²) in [6.45, 7) is 8.15. The molecule has 21 atom stereocenters. The van der Waals surface area contributed by atoms with Gasteiger partial charge in [-0.2, -0.15) is 0 Å². The first kappa shape index (κ1) is 59.3. The Balaban J connectivity index is 0.000000198. The van der Waals surface area contributed by atoms with E-state index in [2.05, 4.69) is 20.1 Å². The maximum atomic E-state index is 12.1. The fourth-order valence-corrected chi connectivity index (χ4v) is 10.4. The Kier molecular flexibility index (Phi) is 21.0. The van der Waals surface area contributed by atoms with Crippen LogP contribution in [0.15, 0.2) is 101 Å². The first-order chi connectivity index (χ1) is 38.2. The Bertz CT molecular complexity index is 2550. The molecule has 3 N–H and O–H groups in total. The van der Waals surface area contributed by atoms with Crippen LogP contribution >= 0.6 is 0 Å². The van der Waals surface area contributed by atoms with Crippen molar-refractivity contribution in [2.75, 3.05) is 26.4 Å². The van der Waals surface area contributed by atoms with E-state index < -0.39 is 141 Å². The van der Waals surface area contributed by atoms with Gasteiger partial charge in [-0.3, -0.25) is 14.4 Å². The highest BCUT2D eigenvalue weighted by atomic mass is 16.8. The summed E-state index contributed by atoms with van der Waals surface area (Å²) in [5, 5.41) is 35.3. The van der Waals surface area contributed by atoms with E-state index in [9.17, 15) is 25.3 Å². The summed E-state index contributed by atoms with van der Waals surface area (Å²) >= 11 is 0. The average molecular weight is 1110 g/mol. The third-order valence-electron chi connectivity index (χ3n) is 14.1. The van der Waals surface area contributed by atoms with Crippen LogP contribution in [0.4, 0.5) is 0 Å². The Morgan fingerprint density at radius 2 is 1.04 bits per heavy atom. The Morgan fingerprint density at radius 1 is 0.595 bits per heavy atom. The Hall–Kier alpha value is -5.87. The third-order valence-corrected chi connectivity index (χ3v) is 14.1. The van der Waals surface area contributed by atoms with Crippen LogP contribution in [0.5, 0.6) is 0 Å². The van der Waals surface area contributed by atoms with Crippen LogP contribution < -0.4 is 0 Å². The molecule has 26 nitrogen and oxygen atoms in total. The van der Waals surface area contributed by atoms with Crippen molar-refractivity contribution in [3.8, 4) is 0 Å². The predicted molar refractivity (Wildman–Crippen MR) is 268 cm³/mol. The molecule has 9 unspecified atom stereocenters. The molecule has 428 valence electrons. The normalized spacial score (nSPS) is 36.9. The van der Waals surface area contributed by atoms with Gasteiger partial charge in [0, 0.05) is 48.0 Å². The number of carbonyl (C=O) groups excluding carboxylic acids is 2. The molecular weight excluding hydrogens is 1040 g/mol. The van der Waals surface area contributed by atoms with Crippen LogP contribution in [0, 0.1) is 11.8 Å². The van der Waals surface area contributed by atoms with Gasteiger partial charge in [-0.1, -0.05) is 115 Å². The van der Waals surface area contributed by atoms with E-state index >= 15 is 0 Å². The van der Waals surface area contributed by atoms with Crippen LogP contribution in [0.3, 0.4) is 0 Å². The van der Waals surface area contributed by atoms with Crippen LogP contribution in [-0.2, 0) is 93.9 Å². The molecule has 4 bridgehead atoms. The zero-order chi connectivity index (χ0) is 56.2. The molecule has 0 saturated carbocycles. The number of esters is 2. The minimum atomic E-state index is -1.05. The van der Waals surface area contributed by atoms with Crippen LogP contribution in [0.25, 0.3) is 20.9 Å². The van der Waals surface area contributed by atoms with Gasteiger partial charge in [0.15, 0.2) is 31.5 Å². The number of benzene rings is 3. The van der Waals surface area contributed by atoms with Crippen molar-refractivity contribution in [1.29, 1.82) is 0 Å². The third kappa shape index (κ3) is 14.7. The average Bonchev–Trinajstić information content (AvgIpc) is 4.23. The molecule has 3 aromatic carbocycles. The molecule has 0 radical (unpaired) electrons. The van der Waals surface area contributed by atoms with Crippen LogP contribution in [0.1, 0.15) is 57.6 Å². The van der Waals surface area contributed by atoms with Crippen molar-refractivity contribution in [3.05, 3.63) is 129 Å². The van der Waals surface area contributed by atoms with Crippen molar-refractivity contribution in [2.45, 2.75) is 165 Å². The number of aliphatic carboxylic acids is 1. The highest BCUT2D eigenvalue weighted by Gasteiger charge is 2.58. The molecule has 0 aromatic heterocycles. The van der Waals surface area contributed by atoms with Gasteiger partial charge in [0.05, 0.1) is 51.8 Å². The quantitative estimate of drug-likeness (QED) is 0.0741. The molecule has 0 aliphatic carbocycles. The highest BCUT2D eigenvalue weighted by Crippen LogP contribution is 2.42. The van der Waals surface area contributed by atoms with E-state index in [-0.39, 0.29) is 38.4 Å². The molecule has 7 aliphatic rings. The highest BCUT2D eigenvalue weighted by molar-refractivity contribution is 5.66. The number of carboxylic acids is 1. The first-order valence-electron chi connectivity index (χ1n) is 25.9. The van der Waals surface area contributed by atoms with E-state index in [4.69, 9.17) is 81.7 Å². The molecule has 7 fully saturated rings. The van der Waals surface area contributed by atoms with Gasteiger partial charge in [0.2, 0.25) is 0 Å². The molecule has 0 amide bonds. The van der Waals surface area contributed by atoms with Gasteiger partial charge in [0.25, 0.3) is 5.97 Å². The molecule has 7 aliphatic heterocycles. The zero-order valence-corrected chi connectivity index (χ0v) is 44.0. The van der Waals surface area contributed by atoms with Crippen molar-refractivity contribution in [3.63, 3.8) is 0 Å². The molecule has 26 heteroatoms. The number of hydrogen-bond donors (Lipinski definition) is 3. The van der Waals surface area contributed by atoms with Crippen molar-refractivity contribution in [2.24, 2.45) is 22.1 Å². The van der Waals surface area contributed by atoms with Crippen LogP contribution in [0.2, 0.25) is 0 Å². The summed E-state index contributed by atoms with van der Waals surface area (Å²) in [7, 11) is 0. The van der Waals surface area contributed by atoms with Gasteiger partial charge in [0.1, 0.15) is 73.1 Å². The number of nitrogens with zero attached hydrogens (tertiary/aromatic N) is 6. The number of aliphatic hydroxyl groups is 2. The first-order valence-corrected chi connectivity index (χ1v) is 25.9. The largest absolute Gasteiger partial charge is 0.481 e. The Morgan fingerprint density at radius 3 is 1.49 bits per heavy atom. The lowest BCUT2D eigenvalue weighted by atomic mass is 9.89. The van der Waals surface area contributed by atoms with Crippen LogP contribution in [-0.4, -0.2) is 170 Å². The lowest BCUT2D eigenvalue weighted by Gasteiger charge is -2.50. The summed E-state index contributed by atoms with van der Waals surface area (Å²) in [6.07, 6.45) is -13.0. The van der Waals surface area contributed by atoms with Gasteiger partial charge in [-0.15, -0.1) is 0 Å². The summed E-state index contributed by atoms with van der Waals surface area (Å²) in [6, 6.07) is 27.1. The summed E-state index contributed by atoms with van der Waals surface area (Å²) in [5.41, 5.74) is 21.0. The molecule has 0 spiro atoms. The molecule has 7 heterocycles. The minimum Gasteiger partial charge on any atom is -0.481 e. The lowest BCUT2D eigenvalue weighted by molar-refractivity contribution is -0.371. The fraction of sp³-hybridized carbons (Fsp3) is 0.604. The standard InChI is InChI=1S/C29H33N3O9.C22H29N3O9.C2H4O2/c1-16-23-20(14-35-27(40-23)19-11-7-4-8-12-19)39-29(24(16)34-13-18-9-5-3-6-10-18)41-25-21-15-36-28(38-21)22(31-32-30)26(25)37-17(2)33;1-11-17(28)14(8-26)32-22(18(11)29-9-13-6-4-3-5-7-13)34-19-15-10-30-21(33-15)16(24-25-23)20(19)31-12(2)27;1-2(3)4/h3-12,16,20-29H,13-15H2,1-2H3;3-7,11,14-22,26,28H,8-10H2,1-2H3;1H3,(H,3,4)/t16-,20?,21+,22-,23-,24?,25+,26?,27?,28?,29-;11-,14?,15+,16-,17-,18?,19+,20?,21?,22-;/m00./s1. The summed E-state index contributed by atoms with van der Waals surface area (Å²) in [4.78, 5) is 38.7. The fourth-order valence-electron chi connectivity index (χ4n) is 10.4. The monoisotopic (exact) mass is 1110 g/mol. The second-order valence-corrected chi connectivity index (χ2v) is 19.7. The second-order valence-electron chi connectivity index (χ2n) is 19.7. The number of azide groups is 2. The predicted octanol–water partition coefficient (Wildman–Crippen LogP) is 4.93. The van der Waals surface area contributed by atoms with E-state index in [1.165, 1.54) is 13.8 Å². The second kappa shape index (κ2) is 28.0. The summed E-state index contributed by atoms with van der Waals surface area (Å²) in [5.74, 6) is -2.60. The molecular formula is C53H66N6O20. The molecule has 10 rings (SSSR count). The van der Waals surface area contributed by atoms with E-state index in [1.807, 2.05) is 97.9 Å². The number of fused-ring (bicyclic) bond motifs is 5. The lowest BCUT2D eigenvalue weighted by Crippen LogP contribution is -2.62. The number of carboxylic acid groups (broad SMARTS) is 1. The molecule has 3 aromatic rings.